The van der Waals surface area contributed by atoms with Crippen LogP contribution < -0.4 is 9.80 Å². The maximum Gasteiger partial charge on any atom is 0.416 e. The van der Waals surface area contributed by atoms with Crippen molar-refractivity contribution in [1.82, 2.24) is 4.90 Å². The van der Waals surface area contributed by atoms with Gasteiger partial charge in [0.1, 0.15) is 6.04 Å². The highest BCUT2D eigenvalue weighted by atomic mass is 19.4. The summed E-state index contributed by atoms with van der Waals surface area (Å²) in [6, 6.07) is 22.5. The first-order chi connectivity index (χ1) is 17.3. The molecule has 3 aromatic carbocycles. The summed E-state index contributed by atoms with van der Waals surface area (Å²) in [7, 11) is 0. The van der Waals surface area contributed by atoms with Gasteiger partial charge in [-0.3, -0.25) is 4.79 Å². The first-order valence-corrected chi connectivity index (χ1v) is 12.0. The summed E-state index contributed by atoms with van der Waals surface area (Å²) in [4.78, 5) is 24.1. The Hall–Kier alpha value is -3.81. The minimum Gasteiger partial charge on any atom is -0.368 e. The first-order valence-electron chi connectivity index (χ1n) is 12.0. The summed E-state index contributed by atoms with van der Waals surface area (Å²) in [5, 5.41) is 0. The molecule has 8 heteroatoms. The Morgan fingerprint density at radius 2 is 1.50 bits per heavy atom. The first kappa shape index (κ1) is 23.9. The zero-order valence-electron chi connectivity index (χ0n) is 19.9. The molecule has 5 rings (SSSR count). The SMILES string of the molecule is Cc1cccc(N2C(=O)C(Cc3ccccc3)N=C2N2CCN(c3cccc(C(F)(F)F)c3)CC2)c1. The van der Waals surface area contributed by atoms with Gasteiger partial charge in [-0.15, -0.1) is 0 Å². The highest BCUT2D eigenvalue weighted by Gasteiger charge is 2.39. The Labute approximate surface area is 208 Å². The third-order valence-electron chi connectivity index (χ3n) is 6.61. The van der Waals surface area contributed by atoms with Crippen molar-refractivity contribution in [1.29, 1.82) is 0 Å². The standard InChI is InChI=1S/C28H27F3N4O/c1-20-7-5-12-24(17-20)35-26(36)25(18-21-8-3-2-4-9-21)32-27(35)34-15-13-33(14-16-34)23-11-6-10-22(19-23)28(29,30)31/h2-12,17,19,25H,13-16,18H2,1H3. The van der Waals surface area contributed by atoms with Gasteiger partial charge in [-0.25, -0.2) is 9.89 Å². The van der Waals surface area contributed by atoms with Crippen LogP contribution in [0.5, 0.6) is 0 Å². The predicted molar refractivity (Wildman–Crippen MR) is 135 cm³/mol. The number of nitrogens with zero attached hydrogens (tertiary/aromatic N) is 4. The lowest BCUT2D eigenvalue weighted by atomic mass is 10.1. The molecule has 0 saturated carbocycles. The lowest BCUT2D eigenvalue weighted by Gasteiger charge is -2.39. The normalized spacial score (nSPS) is 18.6. The number of piperazine rings is 1. The quantitative estimate of drug-likeness (QED) is 0.506. The van der Waals surface area contributed by atoms with Crippen LogP contribution in [0.3, 0.4) is 0 Å². The number of carbonyl (C=O) groups excluding carboxylic acids is 1. The van der Waals surface area contributed by atoms with Crippen LogP contribution in [0, 0.1) is 6.92 Å². The zero-order chi connectivity index (χ0) is 25.3. The number of guanidine groups is 1. The second-order valence-electron chi connectivity index (χ2n) is 9.17. The van der Waals surface area contributed by atoms with Crippen molar-refractivity contribution in [2.24, 2.45) is 4.99 Å². The summed E-state index contributed by atoms with van der Waals surface area (Å²) < 4.78 is 39.6. The van der Waals surface area contributed by atoms with Crippen LogP contribution in [0.1, 0.15) is 16.7 Å². The van der Waals surface area contributed by atoms with Crippen molar-refractivity contribution in [3.63, 3.8) is 0 Å². The van der Waals surface area contributed by atoms with Crippen LogP contribution in [0.15, 0.2) is 83.9 Å². The van der Waals surface area contributed by atoms with Gasteiger partial charge in [0, 0.05) is 38.3 Å². The van der Waals surface area contributed by atoms with E-state index in [4.69, 9.17) is 4.99 Å². The third kappa shape index (κ3) is 4.94. The number of benzene rings is 3. The van der Waals surface area contributed by atoms with E-state index < -0.39 is 17.8 Å². The molecule has 0 N–H and O–H groups in total. The van der Waals surface area contributed by atoms with Gasteiger partial charge in [-0.1, -0.05) is 48.5 Å². The maximum absolute atomic E-state index is 13.6. The lowest BCUT2D eigenvalue weighted by Crippen LogP contribution is -2.53. The van der Waals surface area contributed by atoms with Gasteiger partial charge in [-0.05, 0) is 48.4 Å². The molecular weight excluding hydrogens is 465 g/mol. The fourth-order valence-electron chi connectivity index (χ4n) is 4.75. The minimum atomic E-state index is -4.38. The number of halogens is 3. The Morgan fingerprint density at radius 3 is 2.19 bits per heavy atom. The van der Waals surface area contributed by atoms with E-state index in [0.717, 1.165) is 22.9 Å². The van der Waals surface area contributed by atoms with Crippen LogP contribution in [0.2, 0.25) is 0 Å². The molecule has 5 nitrogen and oxygen atoms in total. The highest BCUT2D eigenvalue weighted by molar-refractivity contribution is 6.22. The van der Waals surface area contributed by atoms with Gasteiger partial charge in [0.2, 0.25) is 5.96 Å². The Bertz CT molecular complexity index is 1270. The Kier molecular flexibility index (Phi) is 6.43. The van der Waals surface area contributed by atoms with E-state index in [1.807, 2.05) is 66.4 Å². The minimum absolute atomic E-state index is 0.0697. The Morgan fingerprint density at radius 1 is 0.833 bits per heavy atom. The summed E-state index contributed by atoms with van der Waals surface area (Å²) in [5.41, 5.74) is 2.75. The molecule has 3 aromatic rings. The topological polar surface area (TPSA) is 39.2 Å². The molecular formula is C28H27F3N4O. The number of anilines is 2. The van der Waals surface area contributed by atoms with E-state index in [9.17, 15) is 18.0 Å². The molecule has 0 aromatic heterocycles. The molecule has 1 atom stereocenters. The van der Waals surface area contributed by atoms with E-state index >= 15 is 0 Å². The molecule has 186 valence electrons. The molecule has 1 saturated heterocycles. The molecule has 1 amide bonds. The molecule has 0 radical (unpaired) electrons. The summed E-state index contributed by atoms with van der Waals surface area (Å²) in [6.45, 7) is 4.13. The molecule has 0 spiro atoms. The number of hydrogen-bond acceptors (Lipinski definition) is 4. The zero-order valence-corrected chi connectivity index (χ0v) is 19.9. The van der Waals surface area contributed by atoms with Crippen molar-refractivity contribution >= 4 is 23.2 Å². The van der Waals surface area contributed by atoms with E-state index in [1.165, 1.54) is 12.1 Å². The molecule has 1 fully saturated rings. The van der Waals surface area contributed by atoms with Gasteiger partial charge < -0.3 is 9.80 Å². The number of carbonyl (C=O) groups is 1. The van der Waals surface area contributed by atoms with Crippen molar-refractivity contribution in [2.75, 3.05) is 36.0 Å². The maximum atomic E-state index is 13.6. The highest BCUT2D eigenvalue weighted by Crippen LogP contribution is 2.32. The van der Waals surface area contributed by atoms with Gasteiger partial charge in [0.05, 0.1) is 11.3 Å². The molecule has 2 heterocycles. The Balaban J connectivity index is 1.38. The molecule has 0 bridgehead atoms. The fourth-order valence-corrected chi connectivity index (χ4v) is 4.75. The van der Waals surface area contributed by atoms with Crippen LogP contribution >= 0.6 is 0 Å². The van der Waals surface area contributed by atoms with Crippen LogP contribution in [0.4, 0.5) is 24.5 Å². The number of hydrogen-bond donors (Lipinski definition) is 0. The van der Waals surface area contributed by atoms with E-state index in [2.05, 4.69) is 4.90 Å². The molecule has 2 aliphatic heterocycles. The number of aryl methyl sites for hydroxylation is 1. The monoisotopic (exact) mass is 492 g/mol. The van der Waals surface area contributed by atoms with Crippen molar-refractivity contribution < 1.29 is 18.0 Å². The van der Waals surface area contributed by atoms with Crippen molar-refractivity contribution in [3.05, 3.63) is 95.6 Å². The number of rotatable bonds is 4. The fraction of sp³-hybridized carbons (Fsp3) is 0.286. The smallest absolute Gasteiger partial charge is 0.368 e. The third-order valence-corrected chi connectivity index (χ3v) is 6.61. The van der Waals surface area contributed by atoms with Crippen LogP contribution in [0.25, 0.3) is 0 Å². The second-order valence-corrected chi connectivity index (χ2v) is 9.17. The molecule has 0 aliphatic carbocycles. The van der Waals surface area contributed by atoms with Gasteiger partial charge >= 0.3 is 6.18 Å². The predicted octanol–water partition coefficient (Wildman–Crippen LogP) is 5.15. The number of alkyl halides is 3. The van der Waals surface area contributed by atoms with Gasteiger partial charge in [0.25, 0.3) is 5.91 Å². The average molecular weight is 493 g/mol. The summed E-state index contributed by atoms with van der Waals surface area (Å²) in [5.74, 6) is 0.537. The largest absolute Gasteiger partial charge is 0.416 e. The van der Waals surface area contributed by atoms with Crippen LogP contribution in [-0.2, 0) is 17.4 Å². The summed E-state index contributed by atoms with van der Waals surface area (Å²) in [6.07, 6.45) is -3.87. The van der Waals surface area contributed by atoms with Crippen molar-refractivity contribution in [3.8, 4) is 0 Å². The number of amides is 1. The van der Waals surface area contributed by atoms with Gasteiger partial charge in [-0.2, -0.15) is 13.2 Å². The number of aliphatic imine (C=N–C) groups is 1. The molecule has 36 heavy (non-hydrogen) atoms. The van der Waals surface area contributed by atoms with Crippen LogP contribution in [-0.4, -0.2) is 49.0 Å². The van der Waals surface area contributed by atoms with E-state index in [0.29, 0.717) is 44.2 Å². The van der Waals surface area contributed by atoms with E-state index in [-0.39, 0.29) is 5.91 Å². The lowest BCUT2D eigenvalue weighted by molar-refractivity contribution is -0.137. The molecule has 1 unspecified atom stereocenters. The molecule has 2 aliphatic rings. The second kappa shape index (κ2) is 9.68. The average Bonchev–Trinajstić information content (AvgIpc) is 3.20. The van der Waals surface area contributed by atoms with E-state index in [1.54, 1.807) is 11.0 Å². The van der Waals surface area contributed by atoms with Gasteiger partial charge in [0.15, 0.2) is 0 Å². The van der Waals surface area contributed by atoms with Crippen molar-refractivity contribution in [2.45, 2.75) is 25.6 Å². The summed E-state index contributed by atoms with van der Waals surface area (Å²) >= 11 is 0.